The van der Waals surface area contributed by atoms with Gasteiger partial charge < -0.3 is 0 Å². The van der Waals surface area contributed by atoms with Crippen LogP contribution in [-0.4, -0.2) is 0 Å². The summed E-state index contributed by atoms with van der Waals surface area (Å²) in [4.78, 5) is 0.426. The molecule has 2 unspecified atom stereocenters. The maximum absolute atomic E-state index is 3.98. The largest absolute Gasteiger partial charge is 0.0832 e. The molecule has 2 aromatic carbocycles. The van der Waals surface area contributed by atoms with Crippen molar-refractivity contribution in [3.8, 4) is 0 Å². The smallest absolute Gasteiger partial charge is 0.0463 e. The molecule has 0 bridgehead atoms. The number of halogens is 1. The van der Waals surface area contributed by atoms with Gasteiger partial charge in [-0.2, -0.15) is 0 Å². The van der Waals surface area contributed by atoms with Gasteiger partial charge in [0.15, 0.2) is 0 Å². The summed E-state index contributed by atoms with van der Waals surface area (Å²) in [5.74, 6) is 0.604. The van der Waals surface area contributed by atoms with Gasteiger partial charge in [-0.05, 0) is 47.9 Å². The van der Waals surface area contributed by atoms with E-state index in [0.717, 1.165) is 0 Å². The SMILES string of the molecule is CCCc1ccc(C(Br)C2CCCc3ccccc32)cc1. The van der Waals surface area contributed by atoms with Crippen molar-refractivity contribution in [3.63, 3.8) is 0 Å². The molecule has 0 nitrogen and oxygen atoms in total. The minimum Gasteiger partial charge on any atom is -0.0832 e. The van der Waals surface area contributed by atoms with E-state index in [-0.39, 0.29) is 0 Å². The Balaban J connectivity index is 1.84. The van der Waals surface area contributed by atoms with Crippen LogP contribution < -0.4 is 0 Å². The first-order valence-electron chi connectivity index (χ1n) is 8.10. The highest BCUT2D eigenvalue weighted by molar-refractivity contribution is 9.09. The van der Waals surface area contributed by atoms with Crippen molar-refractivity contribution in [2.45, 2.75) is 49.8 Å². The van der Waals surface area contributed by atoms with Gasteiger partial charge in [-0.15, -0.1) is 0 Å². The van der Waals surface area contributed by atoms with Crippen molar-refractivity contribution in [3.05, 3.63) is 70.8 Å². The summed E-state index contributed by atoms with van der Waals surface area (Å²) < 4.78 is 0. The third-order valence-electron chi connectivity index (χ3n) is 4.61. The fourth-order valence-corrected chi connectivity index (χ4v) is 4.34. The van der Waals surface area contributed by atoms with Crippen LogP contribution in [0, 0.1) is 0 Å². The van der Waals surface area contributed by atoms with Crippen LogP contribution in [0.5, 0.6) is 0 Å². The van der Waals surface area contributed by atoms with Crippen LogP contribution in [0.15, 0.2) is 48.5 Å². The Morgan fingerprint density at radius 1 is 1.10 bits per heavy atom. The standard InChI is InChI=1S/C20H23Br/c1-2-6-15-11-13-17(14-12-15)20(21)19-10-5-8-16-7-3-4-9-18(16)19/h3-4,7,9,11-14,19-20H,2,5-6,8,10H2,1H3. The highest BCUT2D eigenvalue weighted by atomic mass is 79.9. The lowest BCUT2D eigenvalue weighted by Crippen LogP contribution is -2.14. The molecule has 1 aliphatic rings. The second-order valence-electron chi connectivity index (χ2n) is 6.09. The van der Waals surface area contributed by atoms with Crippen molar-refractivity contribution < 1.29 is 0 Å². The van der Waals surface area contributed by atoms with Crippen molar-refractivity contribution in [2.24, 2.45) is 0 Å². The summed E-state index contributed by atoms with van der Waals surface area (Å²) in [5, 5.41) is 0. The molecule has 2 aromatic rings. The molecular weight excluding hydrogens is 320 g/mol. The highest BCUT2D eigenvalue weighted by Crippen LogP contribution is 2.44. The normalized spacial score (nSPS) is 19.0. The maximum atomic E-state index is 3.98. The number of hydrogen-bond acceptors (Lipinski definition) is 0. The third-order valence-corrected chi connectivity index (χ3v) is 5.77. The van der Waals surface area contributed by atoms with Crippen LogP contribution in [0.25, 0.3) is 0 Å². The molecule has 0 spiro atoms. The van der Waals surface area contributed by atoms with E-state index in [0.29, 0.717) is 10.7 Å². The van der Waals surface area contributed by atoms with Gasteiger partial charge in [-0.1, -0.05) is 77.8 Å². The van der Waals surface area contributed by atoms with E-state index in [1.54, 1.807) is 11.1 Å². The van der Waals surface area contributed by atoms with E-state index >= 15 is 0 Å². The van der Waals surface area contributed by atoms with Crippen molar-refractivity contribution in [1.29, 1.82) is 0 Å². The minimum absolute atomic E-state index is 0.426. The first kappa shape index (κ1) is 14.8. The monoisotopic (exact) mass is 342 g/mol. The molecule has 0 aliphatic heterocycles. The third kappa shape index (κ3) is 3.23. The Bertz CT molecular complexity index is 585. The second kappa shape index (κ2) is 6.79. The van der Waals surface area contributed by atoms with Crippen LogP contribution in [0.1, 0.15) is 59.2 Å². The Morgan fingerprint density at radius 3 is 2.62 bits per heavy atom. The zero-order valence-corrected chi connectivity index (χ0v) is 14.3. The van der Waals surface area contributed by atoms with E-state index in [2.05, 4.69) is 71.4 Å². The zero-order valence-electron chi connectivity index (χ0n) is 12.7. The number of alkyl halides is 1. The van der Waals surface area contributed by atoms with Gasteiger partial charge in [-0.25, -0.2) is 0 Å². The van der Waals surface area contributed by atoms with Crippen LogP contribution in [0.2, 0.25) is 0 Å². The van der Waals surface area contributed by atoms with Crippen LogP contribution in [0.3, 0.4) is 0 Å². The molecule has 3 rings (SSSR count). The fourth-order valence-electron chi connectivity index (χ4n) is 3.48. The quantitative estimate of drug-likeness (QED) is 0.580. The summed E-state index contributed by atoms with van der Waals surface area (Å²) in [6.07, 6.45) is 6.22. The zero-order chi connectivity index (χ0) is 14.7. The Kier molecular flexibility index (Phi) is 4.80. The predicted molar refractivity (Wildman–Crippen MR) is 94.2 cm³/mol. The van der Waals surface area contributed by atoms with E-state index in [1.165, 1.54) is 43.2 Å². The highest BCUT2D eigenvalue weighted by Gasteiger charge is 2.26. The number of benzene rings is 2. The molecular formula is C20H23Br. The van der Waals surface area contributed by atoms with E-state index in [4.69, 9.17) is 0 Å². The van der Waals surface area contributed by atoms with E-state index in [9.17, 15) is 0 Å². The van der Waals surface area contributed by atoms with Crippen molar-refractivity contribution in [2.75, 3.05) is 0 Å². The molecule has 0 heterocycles. The molecule has 0 radical (unpaired) electrons. The van der Waals surface area contributed by atoms with Crippen LogP contribution in [-0.2, 0) is 12.8 Å². The van der Waals surface area contributed by atoms with Gasteiger partial charge in [-0.3, -0.25) is 0 Å². The predicted octanol–water partition coefficient (Wildman–Crippen LogP) is 6.20. The molecule has 0 saturated carbocycles. The molecule has 0 N–H and O–H groups in total. The average Bonchev–Trinajstić information content (AvgIpc) is 2.55. The molecule has 21 heavy (non-hydrogen) atoms. The van der Waals surface area contributed by atoms with Gasteiger partial charge in [0.2, 0.25) is 0 Å². The van der Waals surface area contributed by atoms with Crippen LogP contribution >= 0.6 is 15.9 Å². The van der Waals surface area contributed by atoms with Crippen LogP contribution in [0.4, 0.5) is 0 Å². The lowest BCUT2D eigenvalue weighted by Gasteiger charge is -2.29. The van der Waals surface area contributed by atoms with Gasteiger partial charge in [0.05, 0.1) is 0 Å². The number of hydrogen-bond donors (Lipinski definition) is 0. The molecule has 1 heteroatoms. The van der Waals surface area contributed by atoms with Gasteiger partial charge in [0.1, 0.15) is 0 Å². The fraction of sp³-hybridized carbons (Fsp3) is 0.400. The molecule has 0 saturated heterocycles. The number of aryl methyl sites for hydroxylation is 2. The van der Waals surface area contributed by atoms with E-state index in [1.807, 2.05) is 0 Å². The maximum Gasteiger partial charge on any atom is 0.0463 e. The number of fused-ring (bicyclic) bond motifs is 1. The molecule has 0 fully saturated rings. The second-order valence-corrected chi connectivity index (χ2v) is 7.08. The summed E-state index contributed by atoms with van der Waals surface area (Å²) in [6.45, 7) is 2.24. The van der Waals surface area contributed by atoms with Crippen molar-refractivity contribution >= 4 is 15.9 Å². The van der Waals surface area contributed by atoms with E-state index < -0.39 is 0 Å². The first-order valence-corrected chi connectivity index (χ1v) is 9.02. The Hall–Kier alpha value is -1.08. The Labute approximate surface area is 136 Å². The van der Waals surface area contributed by atoms with Gasteiger partial charge in [0, 0.05) is 10.7 Å². The molecule has 0 amide bonds. The first-order chi connectivity index (χ1) is 10.3. The average molecular weight is 343 g/mol. The lowest BCUT2D eigenvalue weighted by molar-refractivity contribution is 0.547. The molecule has 2 atom stereocenters. The van der Waals surface area contributed by atoms with Gasteiger partial charge >= 0.3 is 0 Å². The molecule has 1 aliphatic carbocycles. The summed E-state index contributed by atoms with van der Waals surface area (Å²) in [6, 6.07) is 18.2. The summed E-state index contributed by atoms with van der Waals surface area (Å²) in [7, 11) is 0. The molecule has 110 valence electrons. The van der Waals surface area contributed by atoms with Crippen molar-refractivity contribution in [1.82, 2.24) is 0 Å². The lowest BCUT2D eigenvalue weighted by atomic mass is 9.79. The molecule has 0 aromatic heterocycles. The van der Waals surface area contributed by atoms with Gasteiger partial charge in [0.25, 0.3) is 0 Å². The minimum atomic E-state index is 0.426. The summed E-state index contributed by atoms with van der Waals surface area (Å²) >= 11 is 3.98. The Morgan fingerprint density at radius 2 is 1.86 bits per heavy atom. The number of rotatable bonds is 4. The summed E-state index contributed by atoms with van der Waals surface area (Å²) in [5.41, 5.74) is 5.95. The topological polar surface area (TPSA) is 0 Å².